The Balaban J connectivity index is 1.83. The van der Waals surface area contributed by atoms with E-state index in [0.717, 1.165) is 22.9 Å². The maximum absolute atomic E-state index is 13.5. The van der Waals surface area contributed by atoms with E-state index in [4.69, 9.17) is 11.5 Å². The van der Waals surface area contributed by atoms with Crippen molar-refractivity contribution in [3.05, 3.63) is 36.0 Å². The van der Waals surface area contributed by atoms with Gasteiger partial charge in [-0.2, -0.15) is 0 Å². The second-order valence-corrected chi connectivity index (χ2v) is 10.8. The quantitative estimate of drug-likeness (QED) is 0.283. The van der Waals surface area contributed by atoms with Crippen LogP contribution in [-0.2, 0) is 25.6 Å². The van der Waals surface area contributed by atoms with E-state index < -0.39 is 41.9 Å². The largest absolute Gasteiger partial charge is 0.368 e. The van der Waals surface area contributed by atoms with Crippen molar-refractivity contribution >= 4 is 34.5 Å². The van der Waals surface area contributed by atoms with Crippen LogP contribution in [0.5, 0.6) is 0 Å². The monoisotopic (exact) mass is 526 g/mol. The summed E-state index contributed by atoms with van der Waals surface area (Å²) >= 11 is 0. The van der Waals surface area contributed by atoms with Gasteiger partial charge in [0.05, 0.1) is 6.04 Å². The molecule has 4 amide bonds. The third-order valence-corrected chi connectivity index (χ3v) is 7.48. The fourth-order valence-electron chi connectivity index (χ4n) is 4.98. The Hall–Kier alpha value is -3.40. The Morgan fingerprint density at radius 3 is 2.47 bits per heavy atom. The van der Waals surface area contributed by atoms with Gasteiger partial charge in [0.15, 0.2) is 0 Å². The highest BCUT2D eigenvalue weighted by molar-refractivity contribution is 5.95. The molecule has 1 aromatic heterocycles. The fraction of sp³-hybridized carbons (Fsp3) is 0.571. The van der Waals surface area contributed by atoms with E-state index >= 15 is 0 Å². The van der Waals surface area contributed by atoms with Crippen molar-refractivity contribution in [1.82, 2.24) is 20.5 Å². The van der Waals surface area contributed by atoms with Gasteiger partial charge in [0, 0.05) is 30.1 Å². The number of carbonyl (C=O) groups excluding carboxylic acids is 4. The van der Waals surface area contributed by atoms with Gasteiger partial charge >= 0.3 is 0 Å². The number of rotatable bonds is 12. The molecule has 38 heavy (non-hydrogen) atoms. The third-order valence-electron chi connectivity index (χ3n) is 7.48. The van der Waals surface area contributed by atoms with Crippen molar-refractivity contribution in [1.29, 1.82) is 0 Å². The number of amides is 4. The molecule has 3 rings (SSSR count). The van der Waals surface area contributed by atoms with Crippen molar-refractivity contribution in [3.8, 4) is 0 Å². The molecule has 0 saturated carbocycles. The lowest BCUT2D eigenvalue weighted by Crippen LogP contribution is -2.58. The molecular formula is C28H42N6O4. The van der Waals surface area contributed by atoms with Crippen LogP contribution in [0.1, 0.15) is 58.9 Å². The van der Waals surface area contributed by atoms with Crippen LogP contribution < -0.4 is 22.1 Å². The molecule has 2 heterocycles. The average molecular weight is 527 g/mol. The van der Waals surface area contributed by atoms with E-state index in [2.05, 4.69) is 15.6 Å². The van der Waals surface area contributed by atoms with Gasteiger partial charge in [-0.1, -0.05) is 52.3 Å². The summed E-state index contributed by atoms with van der Waals surface area (Å²) in [6.45, 7) is 8.20. The van der Waals surface area contributed by atoms with Crippen molar-refractivity contribution < 1.29 is 19.2 Å². The molecule has 10 heteroatoms. The summed E-state index contributed by atoms with van der Waals surface area (Å²) in [5.41, 5.74) is 13.5. The number of benzene rings is 1. The number of nitrogens with one attached hydrogen (secondary N) is 3. The molecule has 1 fully saturated rings. The number of aromatic nitrogens is 1. The predicted octanol–water partition coefficient (Wildman–Crippen LogP) is 1.58. The van der Waals surface area contributed by atoms with E-state index in [0.29, 0.717) is 25.8 Å². The number of aromatic amines is 1. The lowest BCUT2D eigenvalue weighted by Gasteiger charge is -2.30. The number of hydrogen-bond donors (Lipinski definition) is 5. The van der Waals surface area contributed by atoms with Gasteiger partial charge in [-0.15, -0.1) is 0 Å². The molecule has 1 saturated heterocycles. The minimum atomic E-state index is -0.975. The first kappa shape index (κ1) is 29.2. The fourth-order valence-corrected chi connectivity index (χ4v) is 4.98. The summed E-state index contributed by atoms with van der Waals surface area (Å²) in [6, 6.07) is 4.45. The minimum absolute atomic E-state index is 0.0149. The number of fused-ring (bicyclic) bond motifs is 1. The van der Waals surface area contributed by atoms with E-state index in [9.17, 15) is 19.2 Å². The maximum atomic E-state index is 13.5. The predicted molar refractivity (Wildman–Crippen MR) is 147 cm³/mol. The first-order chi connectivity index (χ1) is 18.0. The van der Waals surface area contributed by atoms with E-state index in [1.807, 2.05) is 58.2 Å². The van der Waals surface area contributed by atoms with Crippen LogP contribution in [0, 0.1) is 11.8 Å². The molecule has 0 radical (unpaired) electrons. The highest BCUT2D eigenvalue weighted by atomic mass is 16.2. The highest BCUT2D eigenvalue weighted by Gasteiger charge is 2.39. The number of para-hydroxylation sites is 1. The van der Waals surface area contributed by atoms with E-state index in [-0.39, 0.29) is 24.2 Å². The van der Waals surface area contributed by atoms with Crippen LogP contribution >= 0.6 is 0 Å². The molecule has 0 unspecified atom stereocenters. The van der Waals surface area contributed by atoms with E-state index in [1.54, 1.807) is 0 Å². The summed E-state index contributed by atoms with van der Waals surface area (Å²) in [6.07, 6.45) is 4.31. The molecule has 0 spiro atoms. The van der Waals surface area contributed by atoms with Gasteiger partial charge in [-0.25, -0.2) is 0 Å². The Labute approximate surface area is 224 Å². The third kappa shape index (κ3) is 6.92. The standard InChI is InChI=1S/C28H42N6O4/c1-5-17(4)24(29)28(38)34-12-8-11-23(34)27(37)33-22(26(36)32-21(25(30)35)13-16(2)3)14-18-15-31-20-10-7-6-9-19(18)20/h6-7,9-10,15-17,21-24,31H,5,8,11-14,29H2,1-4H3,(H2,30,35)(H,32,36)(H,33,37)/t17-,21-,22-,23-,24-/m0/s1. The summed E-state index contributed by atoms with van der Waals surface area (Å²) in [7, 11) is 0. The Morgan fingerprint density at radius 2 is 1.82 bits per heavy atom. The molecule has 1 aromatic carbocycles. The zero-order valence-corrected chi connectivity index (χ0v) is 22.8. The number of nitrogens with two attached hydrogens (primary N) is 2. The molecule has 10 nitrogen and oxygen atoms in total. The first-order valence-electron chi connectivity index (χ1n) is 13.5. The second-order valence-electron chi connectivity index (χ2n) is 10.8. The number of hydrogen-bond acceptors (Lipinski definition) is 5. The lowest BCUT2D eigenvalue weighted by atomic mass is 9.98. The smallest absolute Gasteiger partial charge is 0.243 e. The summed E-state index contributed by atoms with van der Waals surface area (Å²) < 4.78 is 0. The van der Waals surface area contributed by atoms with Crippen LogP contribution in [0.15, 0.2) is 30.5 Å². The molecule has 7 N–H and O–H groups in total. The second kappa shape index (κ2) is 12.9. The molecule has 0 bridgehead atoms. The number of carbonyl (C=O) groups is 4. The molecule has 2 aromatic rings. The van der Waals surface area contributed by atoms with Crippen molar-refractivity contribution in [2.75, 3.05) is 6.54 Å². The highest BCUT2D eigenvalue weighted by Crippen LogP contribution is 2.22. The first-order valence-corrected chi connectivity index (χ1v) is 13.5. The topological polar surface area (TPSA) is 163 Å². The lowest BCUT2D eigenvalue weighted by molar-refractivity contribution is -0.141. The van der Waals surface area contributed by atoms with Gasteiger partial charge in [0.1, 0.15) is 18.1 Å². The number of H-pyrrole nitrogens is 1. The summed E-state index contributed by atoms with van der Waals surface area (Å²) in [5, 5.41) is 6.55. The van der Waals surface area contributed by atoms with Gasteiger partial charge in [0.2, 0.25) is 23.6 Å². The molecule has 208 valence electrons. The van der Waals surface area contributed by atoms with Gasteiger partial charge in [0.25, 0.3) is 0 Å². The molecular weight excluding hydrogens is 484 g/mol. The normalized spacial score (nSPS) is 18.7. The van der Waals surface area contributed by atoms with Gasteiger partial charge in [-0.3, -0.25) is 19.2 Å². The van der Waals surface area contributed by atoms with Crippen molar-refractivity contribution in [2.24, 2.45) is 23.3 Å². The Bertz CT molecular complexity index is 1150. The summed E-state index contributed by atoms with van der Waals surface area (Å²) in [4.78, 5) is 56.8. The Morgan fingerprint density at radius 1 is 1.11 bits per heavy atom. The average Bonchev–Trinajstić information content (AvgIpc) is 3.54. The zero-order chi connectivity index (χ0) is 28.0. The van der Waals surface area contributed by atoms with Crippen LogP contribution in [-0.4, -0.2) is 64.2 Å². The number of primary amides is 1. The van der Waals surface area contributed by atoms with Gasteiger partial charge in [-0.05, 0) is 42.7 Å². The maximum Gasteiger partial charge on any atom is 0.243 e. The molecule has 1 aliphatic rings. The van der Waals surface area contributed by atoms with Crippen LogP contribution in [0.2, 0.25) is 0 Å². The Kier molecular flexibility index (Phi) is 9.90. The van der Waals surface area contributed by atoms with Crippen LogP contribution in [0.3, 0.4) is 0 Å². The SMILES string of the molecule is CC[C@H](C)[C@H](N)C(=O)N1CCC[C@H]1C(=O)N[C@@H](Cc1c[nH]c2ccccc12)C(=O)N[C@@H](CC(C)C)C(N)=O. The molecule has 1 aliphatic heterocycles. The number of nitrogens with zero attached hydrogens (tertiary/aromatic N) is 1. The van der Waals surface area contributed by atoms with Crippen LogP contribution in [0.4, 0.5) is 0 Å². The van der Waals surface area contributed by atoms with E-state index in [1.165, 1.54) is 4.90 Å². The van der Waals surface area contributed by atoms with Crippen molar-refractivity contribution in [3.63, 3.8) is 0 Å². The zero-order valence-electron chi connectivity index (χ0n) is 22.8. The summed E-state index contributed by atoms with van der Waals surface area (Å²) in [5.74, 6) is -1.68. The van der Waals surface area contributed by atoms with Gasteiger partial charge < -0.3 is 32.0 Å². The number of likely N-dealkylation sites (tertiary alicyclic amines) is 1. The minimum Gasteiger partial charge on any atom is -0.368 e. The van der Waals surface area contributed by atoms with Crippen molar-refractivity contribution in [2.45, 2.75) is 84.0 Å². The van der Waals surface area contributed by atoms with Crippen LogP contribution in [0.25, 0.3) is 10.9 Å². The molecule has 5 atom stereocenters. The molecule has 0 aliphatic carbocycles.